The number of ether oxygens (including phenoxy) is 1. The summed E-state index contributed by atoms with van der Waals surface area (Å²) < 4.78 is 10.9. The van der Waals surface area contributed by atoms with E-state index in [1.807, 2.05) is 30.3 Å². The van der Waals surface area contributed by atoms with E-state index in [4.69, 9.17) is 9.15 Å². The number of para-hydroxylation sites is 1. The molecule has 1 aliphatic rings. The second-order valence-electron chi connectivity index (χ2n) is 6.90. The van der Waals surface area contributed by atoms with Crippen LogP contribution in [-0.2, 0) is 9.53 Å². The molecular weight excluding hydrogens is 370 g/mol. The Morgan fingerprint density at radius 1 is 1.03 bits per heavy atom. The number of anilines is 1. The van der Waals surface area contributed by atoms with Crippen molar-refractivity contribution in [2.75, 3.05) is 44.7 Å². The van der Waals surface area contributed by atoms with Gasteiger partial charge in [-0.15, -0.1) is 0 Å². The summed E-state index contributed by atoms with van der Waals surface area (Å²) in [5.41, 5.74) is 3.01. The van der Waals surface area contributed by atoms with E-state index < -0.39 is 6.09 Å². The molecule has 0 spiro atoms. The maximum Gasteiger partial charge on any atom is 0.410 e. The summed E-state index contributed by atoms with van der Waals surface area (Å²) in [7, 11) is 1.51. The lowest BCUT2D eigenvalue weighted by Gasteiger charge is -2.35. The van der Waals surface area contributed by atoms with Gasteiger partial charge in [0.05, 0.1) is 0 Å². The highest BCUT2D eigenvalue weighted by molar-refractivity contribution is 5.83. The SMILES string of the molecule is CNC(=O)COC(=O)N1CCN(c2ccc(-c3cc4ccccc4o3)cc2)CC1. The predicted octanol–water partition coefficient (Wildman–Crippen LogP) is 3.10. The minimum Gasteiger partial charge on any atom is -0.456 e. The van der Waals surface area contributed by atoms with E-state index in [1.165, 1.54) is 7.05 Å². The first-order chi connectivity index (χ1) is 14.1. The fourth-order valence-electron chi connectivity index (χ4n) is 3.40. The Hall–Kier alpha value is -3.48. The molecule has 1 N–H and O–H groups in total. The molecule has 0 bridgehead atoms. The average molecular weight is 393 g/mol. The Bertz CT molecular complexity index is 971. The normalized spacial score (nSPS) is 14.1. The molecule has 4 rings (SSSR count). The number of nitrogens with one attached hydrogen (secondary N) is 1. The van der Waals surface area contributed by atoms with Gasteiger partial charge in [-0.2, -0.15) is 0 Å². The van der Waals surface area contributed by atoms with Gasteiger partial charge in [0, 0.05) is 49.9 Å². The van der Waals surface area contributed by atoms with Crippen LogP contribution in [-0.4, -0.2) is 56.7 Å². The lowest BCUT2D eigenvalue weighted by molar-refractivity contribution is -0.123. The van der Waals surface area contributed by atoms with Crippen LogP contribution in [0.3, 0.4) is 0 Å². The number of amides is 2. The standard InChI is InChI=1S/C22H23N3O4/c1-23-21(26)15-28-22(27)25-12-10-24(11-13-25)18-8-6-16(7-9-18)20-14-17-4-2-3-5-19(17)29-20/h2-9,14H,10-13,15H2,1H3,(H,23,26). The van der Waals surface area contributed by atoms with Crippen molar-refractivity contribution in [3.8, 4) is 11.3 Å². The van der Waals surface area contributed by atoms with Gasteiger partial charge in [0.1, 0.15) is 11.3 Å². The number of carbonyl (C=O) groups is 2. The molecule has 0 unspecified atom stereocenters. The Morgan fingerprint density at radius 2 is 1.76 bits per heavy atom. The third-order valence-corrected chi connectivity index (χ3v) is 5.09. The molecule has 29 heavy (non-hydrogen) atoms. The maximum absolute atomic E-state index is 12.0. The molecule has 1 saturated heterocycles. The number of likely N-dealkylation sites (N-methyl/N-ethyl adjacent to an activating group) is 1. The van der Waals surface area contributed by atoms with E-state index in [0.717, 1.165) is 28.0 Å². The number of carbonyl (C=O) groups excluding carboxylic acids is 2. The monoisotopic (exact) mass is 393 g/mol. The smallest absolute Gasteiger partial charge is 0.410 e. The first-order valence-electron chi connectivity index (χ1n) is 9.60. The molecule has 3 aromatic rings. The minimum absolute atomic E-state index is 0.251. The Morgan fingerprint density at radius 3 is 2.45 bits per heavy atom. The molecule has 2 aromatic carbocycles. The van der Waals surface area contributed by atoms with Crippen LogP contribution >= 0.6 is 0 Å². The number of rotatable bonds is 4. The van der Waals surface area contributed by atoms with Gasteiger partial charge >= 0.3 is 6.09 Å². The maximum atomic E-state index is 12.0. The van der Waals surface area contributed by atoms with E-state index in [2.05, 4.69) is 34.5 Å². The van der Waals surface area contributed by atoms with Crippen LogP contribution < -0.4 is 10.2 Å². The van der Waals surface area contributed by atoms with E-state index in [0.29, 0.717) is 26.2 Å². The van der Waals surface area contributed by atoms with Crippen LogP contribution in [0.1, 0.15) is 0 Å². The Balaban J connectivity index is 1.35. The van der Waals surface area contributed by atoms with E-state index in [-0.39, 0.29) is 12.5 Å². The molecule has 2 amide bonds. The zero-order chi connectivity index (χ0) is 20.2. The van der Waals surface area contributed by atoms with Crippen molar-refractivity contribution in [3.63, 3.8) is 0 Å². The van der Waals surface area contributed by atoms with Crippen molar-refractivity contribution < 1.29 is 18.7 Å². The largest absolute Gasteiger partial charge is 0.456 e. The van der Waals surface area contributed by atoms with Crippen LogP contribution in [0.2, 0.25) is 0 Å². The van der Waals surface area contributed by atoms with Crippen LogP contribution in [0, 0.1) is 0 Å². The third kappa shape index (κ3) is 4.18. The molecule has 1 fully saturated rings. The van der Waals surface area contributed by atoms with Gasteiger partial charge in [0.25, 0.3) is 5.91 Å². The fourth-order valence-corrected chi connectivity index (χ4v) is 3.40. The van der Waals surface area contributed by atoms with Crippen molar-refractivity contribution in [1.29, 1.82) is 0 Å². The van der Waals surface area contributed by atoms with E-state index in [9.17, 15) is 9.59 Å². The topological polar surface area (TPSA) is 75.0 Å². The van der Waals surface area contributed by atoms with Gasteiger partial charge in [0.2, 0.25) is 0 Å². The molecule has 7 heteroatoms. The summed E-state index contributed by atoms with van der Waals surface area (Å²) in [4.78, 5) is 27.1. The zero-order valence-corrected chi connectivity index (χ0v) is 16.3. The van der Waals surface area contributed by atoms with Gasteiger partial charge in [0.15, 0.2) is 6.61 Å². The first-order valence-corrected chi connectivity index (χ1v) is 9.60. The quantitative estimate of drug-likeness (QED) is 0.737. The van der Waals surface area contributed by atoms with Gasteiger partial charge in [-0.3, -0.25) is 4.79 Å². The highest BCUT2D eigenvalue weighted by atomic mass is 16.6. The summed E-state index contributed by atoms with van der Waals surface area (Å²) in [6.07, 6.45) is -0.450. The van der Waals surface area contributed by atoms with Crippen LogP contribution in [0.5, 0.6) is 0 Å². The van der Waals surface area contributed by atoms with Crippen molar-refractivity contribution in [1.82, 2.24) is 10.2 Å². The number of furan rings is 1. The van der Waals surface area contributed by atoms with Gasteiger partial charge in [-0.05, 0) is 36.4 Å². The number of piperazine rings is 1. The lowest BCUT2D eigenvalue weighted by atomic mass is 10.1. The summed E-state index contributed by atoms with van der Waals surface area (Å²) in [6, 6.07) is 18.3. The van der Waals surface area contributed by atoms with Crippen molar-refractivity contribution in [2.45, 2.75) is 0 Å². The number of fused-ring (bicyclic) bond motifs is 1. The van der Waals surface area contributed by atoms with Crippen LogP contribution in [0.15, 0.2) is 59.0 Å². The minimum atomic E-state index is -0.450. The molecule has 0 aliphatic carbocycles. The van der Waals surface area contributed by atoms with Crippen molar-refractivity contribution in [3.05, 3.63) is 54.6 Å². The molecule has 1 aliphatic heterocycles. The first kappa shape index (κ1) is 18.9. The molecule has 7 nitrogen and oxygen atoms in total. The zero-order valence-electron chi connectivity index (χ0n) is 16.3. The predicted molar refractivity (Wildman–Crippen MR) is 111 cm³/mol. The molecule has 150 valence electrons. The lowest BCUT2D eigenvalue weighted by Crippen LogP contribution is -2.49. The average Bonchev–Trinajstić information content (AvgIpc) is 3.22. The van der Waals surface area contributed by atoms with Gasteiger partial charge in [-0.1, -0.05) is 18.2 Å². The molecule has 0 saturated carbocycles. The third-order valence-electron chi connectivity index (χ3n) is 5.09. The van der Waals surface area contributed by atoms with Gasteiger partial charge in [-0.25, -0.2) is 4.79 Å². The van der Waals surface area contributed by atoms with E-state index in [1.54, 1.807) is 4.90 Å². The molecular formula is C22H23N3O4. The summed E-state index contributed by atoms with van der Waals surface area (Å²) in [6.45, 7) is 2.27. The molecule has 2 heterocycles. The highest BCUT2D eigenvalue weighted by Gasteiger charge is 2.23. The molecule has 0 radical (unpaired) electrons. The van der Waals surface area contributed by atoms with Crippen molar-refractivity contribution >= 4 is 28.7 Å². The highest BCUT2D eigenvalue weighted by Crippen LogP contribution is 2.29. The fraction of sp³-hybridized carbons (Fsp3) is 0.273. The Labute approximate surface area is 168 Å². The number of benzene rings is 2. The number of nitrogens with zero attached hydrogens (tertiary/aromatic N) is 2. The summed E-state index contributed by atoms with van der Waals surface area (Å²) in [5, 5.41) is 3.51. The Kier molecular flexibility index (Phi) is 5.37. The number of hydrogen-bond donors (Lipinski definition) is 1. The molecule has 1 aromatic heterocycles. The summed E-state index contributed by atoms with van der Waals surface area (Å²) >= 11 is 0. The number of hydrogen-bond acceptors (Lipinski definition) is 5. The van der Waals surface area contributed by atoms with Crippen LogP contribution in [0.4, 0.5) is 10.5 Å². The second kappa shape index (κ2) is 8.26. The summed E-state index contributed by atoms with van der Waals surface area (Å²) in [5.74, 6) is 0.531. The van der Waals surface area contributed by atoms with Crippen LogP contribution in [0.25, 0.3) is 22.3 Å². The van der Waals surface area contributed by atoms with Crippen molar-refractivity contribution in [2.24, 2.45) is 0 Å². The van der Waals surface area contributed by atoms with Gasteiger partial charge < -0.3 is 24.3 Å². The van der Waals surface area contributed by atoms with E-state index >= 15 is 0 Å². The molecule has 0 atom stereocenters. The second-order valence-corrected chi connectivity index (χ2v) is 6.90.